The van der Waals surface area contributed by atoms with Gasteiger partial charge in [-0.3, -0.25) is 4.79 Å². The molecule has 1 heterocycles. The predicted molar refractivity (Wildman–Crippen MR) is 77.6 cm³/mol. The molecule has 1 aromatic rings. The lowest BCUT2D eigenvalue weighted by molar-refractivity contribution is -0.133. The van der Waals surface area contributed by atoms with E-state index in [1.165, 1.54) is 18.2 Å². The predicted octanol–water partition coefficient (Wildman–Crippen LogP) is 2.66. The molecule has 0 spiro atoms. The highest BCUT2D eigenvalue weighted by atomic mass is 19.1. The molecule has 1 N–H and O–H groups in total. The van der Waals surface area contributed by atoms with Gasteiger partial charge in [0.2, 0.25) is 0 Å². The maximum absolute atomic E-state index is 13.3. The third-order valence-electron chi connectivity index (χ3n) is 3.74. The molecule has 1 aliphatic heterocycles. The van der Waals surface area contributed by atoms with E-state index in [1.54, 1.807) is 11.8 Å². The number of aliphatic hydroxyl groups excluding tert-OH is 1. The molecule has 116 valence electrons. The Balaban J connectivity index is 1.98. The van der Waals surface area contributed by atoms with E-state index in [0.29, 0.717) is 5.56 Å². The van der Waals surface area contributed by atoms with E-state index < -0.39 is 11.9 Å². The number of nitrogens with zero attached hydrogens (tertiary/aromatic N) is 1. The van der Waals surface area contributed by atoms with Crippen LogP contribution >= 0.6 is 0 Å². The van der Waals surface area contributed by atoms with E-state index in [-0.39, 0.29) is 18.3 Å². The van der Waals surface area contributed by atoms with Crippen LogP contribution in [0.1, 0.15) is 44.3 Å². The van der Waals surface area contributed by atoms with Crippen molar-refractivity contribution in [1.82, 2.24) is 4.90 Å². The van der Waals surface area contributed by atoms with Gasteiger partial charge in [-0.1, -0.05) is 12.8 Å². The molecule has 0 aliphatic carbocycles. The summed E-state index contributed by atoms with van der Waals surface area (Å²) in [5.74, 6) is -0.303. The van der Waals surface area contributed by atoms with E-state index in [4.69, 9.17) is 4.74 Å². The van der Waals surface area contributed by atoms with E-state index in [0.717, 1.165) is 38.8 Å². The van der Waals surface area contributed by atoms with Crippen molar-refractivity contribution in [3.63, 3.8) is 0 Å². The number of hydrogen-bond acceptors (Lipinski definition) is 3. The average Bonchev–Trinajstić information content (AvgIpc) is 2.73. The van der Waals surface area contributed by atoms with Gasteiger partial charge in [0, 0.05) is 24.7 Å². The number of carbonyl (C=O) groups is 1. The largest absolute Gasteiger partial charge is 0.483 e. The number of benzene rings is 1. The highest BCUT2D eigenvalue weighted by Crippen LogP contribution is 2.26. The molecule has 0 unspecified atom stereocenters. The summed E-state index contributed by atoms with van der Waals surface area (Å²) in [5.41, 5.74) is 0.486. The minimum atomic E-state index is -0.770. The number of amides is 1. The molecule has 0 saturated carbocycles. The van der Waals surface area contributed by atoms with Crippen molar-refractivity contribution in [3.8, 4) is 5.75 Å². The van der Waals surface area contributed by atoms with Gasteiger partial charge in [0.15, 0.2) is 6.61 Å². The van der Waals surface area contributed by atoms with Gasteiger partial charge in [-0.05, 0) is 31.9 Å². The van der Waals surface area contributed by atoms with Crippen molar-refractivity contribution in [3.05, 3.63) is 29.6 Å². The van der Waals surface area contributed by atoms with Gasteiger partial charge < -0.3 is 14.7 Å². The van der Waals surface area contributed by atoms with E-state index in [2.05, 4.69) is 0 Å². The van der Waals surface area contributed by atoms with Crippen molar-refractivity contribution in [1.29, 1.82) is 0 Å². The quantitative estimate of drug-likeness (QED) is 0.929. The van der Waals surface area contributed by atoms with Crippen LogP contribution in [-0.4, -0.2) is 35.6 Å². The molecule has 4 nitrogen and oxygen atoms in total. The van der Waals surface area contributed by atoms with Crippen LogP contribution in [-0.2, 0) is 4.79 Å². The van der Waals surface area contributed by atoms with Gasteiger partial charge in [0.05, 0.1) is 6.10 Å². The molecule has 5 heteroatoms. The van der Waals surface area contributed by atoms with Crippen molar-refractivity contribution >= 4 is 5.91 Å². The zero-order valence-electron chi connectivity index (χ0n) is 12.3. The van der Waals surface area contributed by atoms with Crippen LogP contribution in [0.3, 0.4) is 0 Å². The summed E-state index contributed by atoms with van der Waals surface area (Å²) in [6.07, 6.45) is 3.57. The molecule has 1 aromatic carbocycles. The standard InChI is InChI=1S/C16H22FNO3/c1-12(19)14-7-6-13(17)10-15(14)21-11-16(20)18-8-4-2-3-5-9-18/h6-7,10,12,19H,2-5,8-9,11H2,1H3/t12-/m0/s1. The first-order valence-corrected chi connectivity index (χ1v) is 7.46. The molecule has 1 aliphatic rings. The zero-order chi connectivity index (χ0) is 15.2. The lowest BCUT2D eigenvalue weighted by atomic mass is 10.1. The first kappa shape index (κ1) is 15.8. The molecule has 1 fully saturated rings. The molecule has 1 atom stereocenters. The van der Waals surface area contributed by atoms with Crippen molar-refractivity contribution < 1.29 is 19.0 Å². The number of likely N-dealkylation sites (tertiary alicyclic amines) is 1. The number of aliphatic hydroxyl groups is 1. The minimum absolute atomic E-state index is 0.0855. The average molecular weight is 295 g/mol. The van der Waals surface area contributed by atoms with E-state index in [9.17, 15) is 14.3 Å². The molecular weight excluding hydrogens is 273 g/mol. The topological polar surface area (TPSA) is 49.8 Å². The smallest absolute Gasteiger partial charge is 0.260 e. The fourth-order valence-electron chi connectivity index (χ4n) is 2.53. The first-order valence-electron chi connectivity index (χ1n) is 7.46. The second-order valence-electron chi connectivity index (χ2n) is 5.44. The zero-order valence-corrected chi connectivity index (χ0v) is 12.3. The number of rotatable bonds is 4. The molecule has 21 heavy (non-hydrogen) atoms. The van der Waals surface area contributed by atoms with Crippen LogP contribution in [0.5, 0.6) is 5.75 Å². The molecule has 0 bridgehead atoms. The number of hydrogen-bond donors (Lipinski definition) is 1. The maximum Gasteiger partial charge on any atom is 0.260 e. The van der Waals surface area contributed by atoms with Gasteiger partial charge in [0.25, 0.3) is 5.91 Å². The minimum Gasteiger partial charge on any atom is -0.483 e. The van der Waals surface area contributed by atoms with Crippen molar-refractivity contribution in [2.45, 2.75) is 38.7 Å². The fraction of sp³-hybridized carbons (Fsp3) is 0.562. The van der Waals surface area contributed by atoms with Gasteiger partial charge in [-0.25, -0.2) is 4.39 Å². The number of ether oxygens (including phenoxy) is 1. The number of carbonyl (C=O) groups excluding carboxylic acids is 1. The Labute approximate surface area is 124 Å². The summed E-state index contributed by atoms with van der Waals surface area (Å²) in [7, 11) is 0. The van der Waals surface area contributed by atoms with E-state index in [1.807, 2.05) is 0 Å². The Morgan fingerprint density at radius 3 is 2.62 bits per heavy atom. The van der Waals surface area contributed by atoms with Gasteiger partial charge in [-0.15, -0.1) is 0 Å². The Hall–Kier alpha value is -1.62. The van der Waals surface area contributed by atoms with E-state index >= 15 is 0 Å². The summed E-state index contributed by atoms with van der Waals surface area (Å²) in [4.78, 5) is 13.9. The van der Waals surface area contributed by atoms with Crippen molar-refractivity contribution in [2.75, 3.05) is 19.7 Å². The first-order chi connectivity index (χ1) is 10.1. The Morgan fingerprint density at radius 2 is 2.00 bits per heavy atom. The summed E-state index contributed by atoms with van der Waals surface area (Å²) < 4.78 is 18.7. The lowest BCUT2D eigenvalue weighted by Gasteiger charge is -2.21. The fourth-order valence-corrected chi connectivity index (χ4v) is 2.53. The highest BCUT2D eigenvalue weighted by molar-refractivity contribution is 5.77. The van der Waals surface area contributed by atoms with Crippen LogP contribution in [0, 0.1) is 5.82 Å². The SMILES string of the molecule is C[C@H](O)c1ccc(F)cc1OCC(=O)N1CCCCCC1. The molecular formula is C16H22FNO3. The third kappa shape index (κ3) is 4.43. The molecule has 0 radical (unpaired) electrons. The van der Waals surface area contributed by atoms with Crippen LogP contribution in [0.25, 0.3) is 0 Å². The summed E-state index contributed by atoms with van der Waals surface area (Å²) in [6, 6.07) is 3.95. The normalized spacial score (nSPS) is 17.2. The summed E-state index contributed by atoms with van der Waals surface area (Å²) in [5, 5.41) is 9.65. The van der Waals surface area contributed by atoms with Crippen LogP contribution in [0.2, 0.25) is 0 Å². The Morgan fingerprint density at radius 1 is 1.33 bits per heavy atom. The van der Waals surface area contributed by atoms with Gasteiger partial charge >= 0.3 is 0 Å². The second-order valence-corrected chi connectivity index (χ2v) is 5.44. The monoisotopic (exact) mass is 295 g/mol. The molecule has 0 aromatic heterocycles. The third-order valence-corrected chi connectivity index (χ3v) is 3.74. The summed E-state index contributed by atoms with van der Waals surface area (Å²) >= 11 is 0. The van der Waals surface area contributed by atoms with Gasteiger partial charge in [0.1, 0.15) is 11.6 Å². The van der Waals surface area contributed by atoms with Crippen molar-refractivity contribution in [2.24, 2.45) is 0 Å². The van der Waals surface area contributed by atoms with Gasteiger partial charge in [-0.2, -0.15) is 0 Å². The Kier molecular flexibility index (Phi) is 5.56. The Bertz CT molecular complexity index is 482. The highest BCUT2D eigenvalue weighted by Gasteiger charge is 2.17. The second kappa shape index (κ2) is 7.41. The molecule has 2 rings (SSSR count). The lowest BCUT2D eigenvalue weighted by Crippen LogP contribution is -2.35. The number of halogens is 1. The van der Waals surface area contributed by atoms with Crippen LogP contribution in [0.15, 0.2) is 18.2 Å². The molecule has 1 amide bonds. The summed E-state index contributed by atoms with van der Waals surface area (Å²) in [6.45, 7) is 2.98. The molecule has 1 saturated heterocycles. The maximum atomic E-state index is 13.3. The van der Waals surface area contributed by atoms with Crippen LogP contribution < -0.4 is 4.74 Å². The van der Waals surface area contributed by atoms with Crippen LogP contribution in [0.4, 0.5) is 4.39 Å².